The van der Waals surface area contributed by atoms with Crippen molar-refractivity contribution in [2.45, 2.75) is 43.9 Å². The van der Waals surface area contributed by atoms with E-state index in [4.69, 9.17) is 0 Å². The smallest absolute Gasteiger partial charge is 0.326 e. The van der Waals surface area contributed by atoms with Crippen molar-refractivity contribution in [3.05, 3.63) is 32.6 Å². The monoisotopic (exact) mass is 265 g/mol. The van der Waals surface area contributed by atoms with Crippen LogP contribution in [0.4, 0.5) is 0 Å². The lowest BCUT2D eigenvalue weighted by Gasteiger charge is -2.37. The van der Waals surface area contributed by atoms with Crippen LogP contribution in [0.1, 0.15) is 36.2 Å². The van der Waals surface area contributed by atoms with Crippen LogP contribution in [0.5, 0.6) is 0 Å². The molecule has 0 radical (unpaired) electrons. The molecule has 7 nitrogen and oxygen atoms in total. The summed E-state index contributed by atoms with van der Waals surface area (Å²) < 4.78 is 0. The van der Waals surface area contributed by atoms with Crippen LogP contribution in [0.2, 0.25) is 0 Å². The summed E-state index contributed by atoms with van der Waals surface area (Å²) in [7, 11) is 0. The molecule has 1 aromatic rings. The number of aromatic amines is 2. The van der Waals surface area contributed by atoms with E-state index in [1.807, 2.05) is 4.98 Å². The predicted molar refractivity (Wildman–Crippen MR) is 65.9 cm³/mol. The summed E-state index contributed by atoms with van der Waals surface area (Å²) in [4.78, 5) is 40.9. The highest BCUT2D eigenvalue weighted by molar-refractivity contribution is 5.92. The molecule has 102 valence electrons. The Labute approximate surface area is 108 Å². The highest BCUT2D eigenvalue weighted by Crippen LogP contribution is 2.36. The van der Waals surface area contributed by atoms with E-state index in [9.17, 15) is 19.5 Å². The third-order valence-corrected chi connectivity index (χ3v) is 3.93. The molecule has 2 atom stereocenters. The topological polar surface area (TPSA) is 106 Å². The molecule has 3 heterocycles. The molecular formula is C12H15N3O4. The Hall–Kier alpha value is -1.89. The molecule has 0 aromatic carbocycles. The summed E-state index contributed by atoms with van der Waals surface area (Å²) in [5.41, 5.74) is -1.25. The van der Waals surface area contributed by atoms with Crippen molar-refractivity contribution in [3.63, 3.8) is 0 Å². The van der Waals surface area contributed by atoms with Gasteiger partial charge in [0.15, 0.2) is 0 Å². The normalized spacial score (nSPS) is 29.5. The number of H-pyrrole nitrogens is 2. The van der Waals surface area contributed by atoms with Crippen molar-refractivity contribution in [2.24, 2.45) is 0 Å². The second-order valence-electron chi connectivity index (χ2n) is 5.22. The van der Waals surface area contributed by atoms with Crippen LogP contribution in [0.25, 0.3) is 0 Å². The molecule has 3 N–H and O–H groups in total. The van der Waals surface area contributed by atoms with Gasteiger partial charge in [-0.05, 0) is 25.7 Å². The molecule has 19 heavy (non-hydrogen) atoms. The molecule has 0 spiro atoms. The van der Waals surface area contributed by atoms with Gasteiger partial charge in [-0.3, -0.25) is 14.6 Å². The lowest BCUT2D eigenvalue weighted by Crippen LogP contribution is -2.48. The van der Waals surface area contributed by atoms with Crippen molar-refractivity contribution in [2.75, 3.05) is 0 Å². The zero-order valence-electron chi connectivity index (χ0n) is 10.3. The van der Waals surface area contributed by atoms with E-state index in [1.54, 1.807) is 4.90 Å². The quantitative estimate of drug-likeness (QED) is 0.617. The minimum absolute atomic E-state index is 0.00374. The first-order valence-corrected chi connectivity index (χ1v) is 6.39. The van der Waals surface area contributed by atoms with Gasteiger partial charge in [0.25, 0.3) is 11.5 Å². The van der Waals surface area contributed by atoms with E-state index in [-0.39, 0.29) is 29.8 Å². The van der Waals surface area contributed by atoms with E-state index in [2.05, 4.69) is 4.98 Å². The fraction of sp³-hybridized carbons (Fsp3) is 0.583. The van der Waals surface area contributed by atoms with E-state index >= 15 is 0 Å². The maximum atomic E-state index is 12.4. The number of rotatable bonds is 1. The van der Waals surface area contributed by atoms with Crippen molar-refractivity contribution in [1.82, 2.24) is 14.9 Å². The van der Waals surface area contributed by atoms with E-state index < -0.39 is 11.2 Å². The van der Waals surface area contributed by atoms with E-state index in [0.29, 0.717) is 12.8 Å². The number of aromatic nitrogens is 2. The minimum atomic E-state index is -0.680. The van der Waals surface area contributed by atoms with Gasteiger partial charge in [0.05, 0.1) is 6.10 Å². The Balaban J connectivity index is 1.92. The molecule has 1 aromatic heterocycles. The average molecular weight is 265 g/mol. The van der Waals surface area contributed by atoms with Crippen molar-refractivity contribution in [1.29, 1.82) is 0 Å². The summed E-state index contributed by atoms with van der Waals surface area (Å²) in [6.45, 7) is 0. The fourth-order valence-corrected chi connectivity index (χ4v) is 3.20. The Morgan fingerprint density at radius 3 is 2.42 bits per heavy atom. The van der Waals surface area contributed by atoms with Crippen LogP contribution in [0.15, 0.2) is 15.7 Å². The number of amides is 1. The second-order valence-corrected chi connectivity index (χ2v) is 5.22. The second kappa shape index (κ2) is 4.34. The average Bonchev–Trinajstić information content (AvgIpc) is 2.59. The maximum absolute atomic E-state index is 12.4. The summed E-state index contributed by atoms with van der Waals surface area (Å²) in [6, 6.07) is 1.11. The SMILES string of the molecule is O=C(c1cc(=O)[nH]c(=O)[nH]1)N1C2CCC1CC(O)C2. The minimum Gasteiger partial charge on any atom is -0.393 e. The molecule has 0 aliphatic carbocycles. The molecule has 2 aliphatic rings. The summed E-state index contributed by atoms with van der Waals surface area (Å²) in [5.74, 6) is -0.331. The number of piperidine rings is 1. The molecule has 0 saturated carbocycles. The molecule has 2 unspecified atom stereocenters. The van der Waals surface area contributed by atoms with E-state index in [0.717, 1.165) is 18.9 Å². The van der Waals surface area contributed by atoms with Crippen LogP contribution in [0.3, 0.4) is 0 Å². The van der Waals surface area contributed by atoms with Gasteiger partial charge in [-0.25, -0.2) is 4.79 Å². The third kappa shape index (κ3) is 2.10. The summed E-state index contributed by atoms with van der Waals surface area (Å²) >= 11 is 0. The number of hydrogen-bond donors (Lipinski definition) is 3. The number of aliphatic hydroxyl groups is 1. The van der Waals surface area contributed by atoms with Crippen LogP contribution < -0.4 is 11.2 Å². The van der Waals surface area contributed by atoms with Gasteiger partial charge in [0.1, 0.15) is 5.69 Å². The van der Waals surface area contributed by atoms with Gasteiger partial charge in [-0.15, -0.1) is 0 Å². The summed E-state index contributed by atoms with van der Waals surface area (Å²) in [6.07, 6.45) is 2.49. The van der Waals surface area contributed by atoms with Crippen LogP contribution in [-0.4, -0.2) is 44.1 Å². The molecule has 2 aliphatic heterocycles. The number of fused-ring (bicyclic) bond motifs is 2. The first-order chi connectivity index (χ1) is 9.04. The van der Waals surface area contributed by atoms with E-state index in [1.165, 1.54) is 0 Å². The van der Waals surface area contributed by atoms with Gasteiger partial charge < -0.3 is 15.0 Å². The molecule has 3 rings (SSSR count). The number of aliphatic hydroxyl groups excluding tert-OH is 1. The van der Waals surface area contributed by atoms with Crippen LogP contribution >= 0.6 is 0 Å². The highest BCUT2D eigenvalue weighted by atomic mass is 16.3. The first-order valence-electron chi connectivity index (χ1n) is 6.39. The highest BCUT2D eigenvalue weighted by Gasteiger charge is 2.43. The number of carbonyl (C=O) groups excluding carboxylic acids is 1. The summed E-state index contributed by atoms with van der Waals surface area (Å²) in [5, 5.41) is 9.70. The predicted octanol–water partition coefficient (Wildman–Crippen LogP) is -0.809. The van der Waals surface area contributed by atoms with Crippen molar-refractivity contribution in [3.8, 4) is 0 Å². The molecule has 2 fully saturated rings. The van der Waals surface area contributed by atoms with Gasteiger partial charge in [-0.2, -0.15) is 0 Å². The Morgan fingerprint density at radius 1 is 1.21 bits per heavy atom. The molecular weight excluding hydrogens is 250 g/mol. The van der Waals surface area contributed by atoms with Crippen molar-refractivity contribution >= 4 is 5.91 Å². The third-order valence-electron chi connectivity index (χ3n) is 3.93. The Kier molecular flexibility index (Phi) is 2.78. The standard InChI is InChI=1S/C12H15N3O4/c16-8-3-6-1-2-7(4-8)15(6)11(18)9-5-10(17)14-12(19)13-9/h5-8,16H,1-4H2,(H2,13,14,17,19). The lowest BCUT2D eigenvalue weighted by molar-refractivity contribution is 0.0282. The zero-order chi connectivity index (χ0) is 13.6. The molecule has 7 heteroatoms. The number of nitrogens with one attached hydrogen (secondary N) is 2. The van der Waals surface area contributed by atoms with Crippen LogP contribution in [-0.2, 0) is 0 Å². The largest absolute Gasteiger partial charge is 0.393 e. The lowest BCUT2D eigenvalue weighted by atomic mass is 9.99. The zero-order valence-corrected chi connectivity index (χ0v) is 10.3. The van der Waals surface area contributed by atoms with Gasteiger partial charge in [0, 0.05) is 18.2 Å². The number of nitrogens with zero attached hydrogens (tertiary/aromatic N) is 1. The Bertz CT molecular complexity index is 578. The van der Waals surface area contributed by atoms with Gasteiger partial charge >= 0.3 is 5.69 Å². The maximum Gasteiger partial charge on any atom is 0.326 e. The van der Waals surface area contributed by atoms with Gasteiger partial charge in [-0.1, -0.05) is 0 Å². The van der Waals surface area contributed by atoms with Gasteiger partial charge in [0.2, 0.25) is 0 Å². The Morgan fingerprint density at radius 2 is 1.84 bits per heavy atom. The first kappa shape index (κ1) is 12.2. The van der Waals surface area contributed by atoms with Crippen LogP contribution in [0, 0.1) is 0 Å². The molecule has 2 bridgehead atoms. The molecule has 2 saturated heterocycles. The van der Waals surface area contributed by atoms with Crippen molar-refractivity contribution < 1.29 is 9.90 Å². The number of carbonyl (C=O) groups is 1. The molecule has 1 amide bonds. The number of hydrogen-bond acceptors (Lipinski definition) is 4. The fourth-order valence-electron chi connectivity index (χ4n) is 3.20.